The Kier molecular flexibility index (Phi) is 2.93. The molecule has 20 heavy (non-hydrogen) atoms. The number of halogens is 1. The van der Waals surface area contributed by atoms with Crippen LogP contribution >= 0.6 is 15.9 Å². The average Bonchev–Trinajstić information content (AvgIpc) is 2.32. The topological polar surface area (TPSA) is 66.5 Å². The van der Waals surface area contributed by atoms with E-state index in [2.05, 4.69) is 21.2 Å². The summed E-state index contributed by atoms with van der Waals surface area (Å²) in [6.07, 6.45) is 1.84. The minimum absolute atomic E-state index is 0.413. The number of benzene rings is 1. The first-order valence-electron chi connectivity index (χ1n) is 6.42. The van der Waals surface area contributed by atoms with E-state index < -0.39 is 23.3 Å². The SMILES string of the molecule is Cc1cccc(N2C(=O)NC(=O)C3(CCC3)C2=O)c1Br. The van der Waals surface area contributed by atoms with E-state index >= 15 is 0 Å². The highest BCUT2D eigenvalue weighted by Gasteiger charge is 2.57. The fourth-order valence-electron chi connectivity index (χ4n) is 2.67. The van der Waals surface area contributed by atoms with Crippen LogP contribution in [-0.2, 0) is 9.59 Å². The molecule has 2 aliphatic rings. The lowest BCUT2D eigenvalue weighted by Gasteiger charge is -2.44. The number of rotatable bonds is 1. The standard InChI is InChI=1S/C14H13BrN2O3/c1-8-4-2-5-9(10(8)15)17-12(19)14(6-3-7-14)11(18)16-13(17)20/h2,4-5H,3,6-7H2,1H3,(H,16,18,20). The third kappa shape index (κ3) is 1.64. The number of aryl methyl sites for hydroxylation is 1. The summed E-state index contributed by atoms with van der Waals surface area (Å²) >= 11 is 3.40. The molecule has 1 heterocycles. The van der Waals surface area contributed by atoms with Crippen LogP contribution in [0.5, 0.6) is 0 Å². The molecule has 0 radical (unpaired) electrons. The van der Waals surface area contributed by atoms with Crippen LogP contribution in [0.1, 0.15) is 24.8 Å². The first-order chi connectivity index (χ1) is 9.47. The van der Waals surface area contributed by atoms with Crippen molar-refractivity contribution in [3.8, 4) is 0 Å². The molecule has 1 aromatic rings. The largest absolute Gasteiger partial charge is 0.335 e. The van der Waals surface area contributed by atoms with Crippen LogP contribution in [0.4, 0.5) is 10.5 Å². The summed E-state index contributed by atoms with van der Waals surface area (Å²) in [5.41, 5.74) is 0.353. The predicted molar refractivity (Wildman–Crippen MR) is 76.2 cm³/mol. The van der Waals surface area contributed by atoms with Crippen LogP contribution in [0.3, 0.4) is 0 Å². The van der Waals surface area contributed by atoms with Gasteiger partial charge in [-0.25, -0.2) is 9.69 Å². The number of carbonyl (C=O) groups excluding carboxylic acids is 3. The predicted octanol–water partition coefficient (Wildman–Crippen LogP) is 2.51. The summed E-state index contributed by atoms with van der Waals surface area (Å²) in [5, 5.41) is 2.30. The van der Waals surface area contributed by atoms with E-state index in [0.29, 0.717) is 23.0 Å². The Morgan fingerprint density at radius 1 is 1.25 bits per heavy atom. The van der Waals surface area contributed by atoms with Gasteiger partial charge in [0.1, 0.15) is 5.41 Å². The maximum absolute atomic E-state index is 12.6. The highest BCUT2D eigenvalue weighted by Crippen LogP contribution is 2.46. The molecule has 1 aromatic carbocycles. The van der Waals surface area contributed by atoms with Crippen LogP contribution < -0.4 is 10.2 Å². The molecule has 2 fully saturated rings. The second-order valence-corrected chi connectivity index (χ2v) is 6.04. The highest BCUT2D eigenvalue weighted by atomic mass is 79.9. The molecular weight excluding hydrogens is 324 g/mol. The van der Waals surface area contributed by atoms with E-state index in [9.17, 15) is 14.4 Å². The summed E-state index contributed by atoms with van der Waals surface area (Å²) in [4.78, 5) is 37.7. The fraction of sp³-hybridized carbons (Fsp3) is 0.357. The zero-order chi connectivity index (χ0) is 14.5. The molecule has 1 aliphatic carbocycles. The molecule has 3 rings (SSSR count). The molecule has 1 N–H and O–H groups in total. The molecule has 104 valence electrons. The lowest BCUT2D eigenvalue weighted by atomic mass is 9.66. The molecule has 0 bridgehead atoms. The van der Waals surface area contributed by atoms with Crippen LogP contribution in [0, 0.1) is 12.3 Å². The number of barbiturate groups is 1. The number of hydrogen-bond donors (Lipinski definition) is 1. The maximum atomic E-state index is 12.6. The van der Waals surface area contributed by atoms with Crippen molar-refractivity contribution in [2.24, 2.45) is 5.41 Å². The monoisotopic (exact) mass is 336 g/mol. The van der Waals surface area contributed by atoms with Crippen molar-refractivity contribution in [1.82, 2.24) is 5.32 Å². The molecular formula is C14H13BrN2O3. The Morgan fingerprint density at radius 3 is 2.55 bits per heavy atom. The Bertz CT molecular complexity index is 637. The normalized spacial score (nSPS) is 20.9. The lowest BCUT2D eigenvalue weighted by Crippen LogP contribution is -2.66. The summed E-state index contributed by atoms with van der Waals surface area (Å²) in [6, 6.07) is 4.67. The van der Waals surface area contributed by atoms with Crippen LogP contribution in [0.15, 0.2) is 22.7 Å². The number of carbonyl (C=O) groups is 3. The number of hydrogen-bond acceptors (Lipinski definition) is 3. The molecule has 5 nitrogen and oxygen atoms in total. The number of amides is 4. The third-order valence-electron chi connectivity index (χ3n) is 4.09. The molecule has 0 unspecified atom stereocenters. The van der Waals surface area contributed by atoms with Gasteiger partial charge >= 0.3 is 6.03 Å². The Morgan fingerprint density at radius 2 is 1.95 bits per heavy atom. The number of imide groups is 2. The van der Waals surface area contributed by atoms with Gasteiger partial charge in [-0.3, -0.25) is 14.9 Å². The van der Waals surface area contributed by atoms with E-state index in [1.165, 1.54) is 0 Å². The second kappa shape index (κ2) is 4.41. The quantitative estimate of drug-likeness (QED) is 0.801. The molecule has 1 saturated heterocycles. The molecule has 1 saturated carbocycles. The van der Waals surface area contributed by atoms with E-state index in [4.69, 9.17) is 0 Å². The molecule has 1 aliphatic heterocycles. The van der Waals surface area contributed by atoms with Crippen molar-refractivity contribution in [2.45, 2.75) is 26.2 Å². The average molecular weight is 337 g/mol. The van der Waals surface area contributed by atoms with Crippen molar-refractivity contribution < 1.29 is 14.4 Å². The van der Waals surface area contributed by atoms with Gasteiger partial charge in [-0.2, -0.15) is 0 Å². The lowest BCUT2D eigenvalue weighted by molar-refractivity contribution is -0.148. The second-order valence-electron chi connectivity index (χ2n) is 5.24. The zero-order valence-electron chi connectivity index (χ0n) is 10.9. The van der Waals surface area contributed by atoms with Gasteiger partial charge in [0.2, 0.25) is 5.91 Å². The van der Waals surface area contributed by atoms with Crippen LogP contribution in [0.2, 0.25) is 0 Å². The summed E-state index contributed by atoms with van der Waals surface area (Å²) in [5.74, 6) is -0.873. The highest BCUT2D eigenvalue weighted by molar-refractivity contribution is 9.10. The minimum atomic E-state index is -1.04. The number of anilines is 1. The molecule has 0 atom stereocenters. The maximum Gasteiger partial charge on any atom is 0.335 e. The van der Waals surface area contributed by atoms with Gasteiger partial charge in [0.05, 0.1) is 5.69 Å². The van der Waals surface area contributed by atoms with E-state index in [0.717, 1.165) is 16.9 Å². The van der Waals surface area contributed by atoms with Crippen molar-refractivity contribution >= 4 is 39.5 Å². The van der Waals surface area contributed by atoms with Crippen LogP contribution in [-0.4, -0.2) is 17.8 Å². The van der Waals surface area contributed by atoms with E-state index in [1.54, 1.807) is 12.1 Å². The third-order valence-corrected chi connectivity index (χ3v) is 5.12. The van der Waals surface area contributed by atoms with E-state index in [-0.39, 0.29) is 0 Å². The number of nitrogens with zero attached hydrogens (tertiary/aromatic N) is 1. The number of urea groups is 1. The van der Waals surface area contributed by atoms with Gasteiger partial charge in [-0.15, -0.1) is 0 Å². The van der Waals surface area contributed by atoms with Gasteiger partial charge in [-0.1, -0.05) is 18.6 Å². The van der Waals surface area contributed by atoms with E-state index in [1.807, 2.05) is 13.0 Å². The van der Waals surface area contributed by atoms with Crippen LogP contribution in [0.25, 0.3) is 0 Å². The van der Waals surface area contributed by atoms with Gasteiger partial charge in [0.25, 0.3) is 5.91 Å². The Balaban J connectivity index is 2.08. The van der Waals surface area contributed by atoms with Crippen molar-refractivity contribution in [1.29, 1.82) is 0 Å². The van der Waals surface area contributed by atoms with Crippen molar-refractivity contribution in [3.63, 3.8) is 0 Å². The number of nitrogens with one attached hydrogen (secondary N) is 1. The van der Waals surface area contributed by atoms with Gasteiger partial charge < -0.3 is 0 Å². The minimum Gasteiger partial charge on any atom is -0.276 e. The summed E-state index contributed by atoms with van der Waals surface area (Å²) in [7, 11) is 0. The molecule has 0 aromatic heterocycles. The van der Waals surface area contributed by atoms with Crippen molar-refractivity contribution in [2.75, 3.05) is 4.90 Å². The molecule has 1 spiro atoms. The first kappa shape index (κ1) is 13.3. The molecule has 4 amide bonds. The van der Waals surface area contributed by atoms with Gasteiger partial charge in [0.15, 0.2) is 0 Å². The Labute approximate surface area is 124 Å². The van der Waals surface area contributed by atoms with Crippen molar-refractivity contribution in [3.05, 3.63) is 28.2 Å². The smallest absolute Gasteiger partial charge is 0.276 e. The molecule has 6 heteroatoms. The summed E-state index contributed by atoms with van der Waals surface area (Å²) < 4.78 is 0.687. The van der Waals surface area contributed by atoms with Gasteiger partial charge in [-0.05, 0) is 47.3 Å². The first-order valence-corrected chi connectivity index (χ1v) is 7.22. The van der Waals surface area contributed by atoms with Gasteiger partial charge in [0, 0.05) is 4.47 Å². The zero-order valence-corrected chi connectivity index (χ0v) is 12.5. The summed E-state index contributed by atoms with van der Waals surface area (Å²) in [6.45, 7) is 1.88. The Hall–Kier alpha value is -1.69. The fourth-order valence-corrected chi connectivity index (χ4v) is 3.11.